The van der Waals surface area contributed by atoms with Gasteiger partial charge in [-0.3, -0.25) is 0 Å². The van der Waals surface area contributed by atoms with Gasteiger partial charge in [-0.2, -0.15) is 0 Å². The fourth-order valence-electron chi connectivity index (χ4n) is 7.75. The molecule has 0 fully saturated rings. The molecule has 11 aromatic rings. The molecule has 0 N–H and O–H groups in total. The smallest absolute Gasteiger partial charge is 0.161 e. The van der Waals surface area contributed by atoms with Gasteiger partial charge in [0.1, 0.15) is 11.2 Å². The summed E-state index contributed by atoms with van der Waals surface area (Å²) in [5.74, 6) is 0.660. The molecule has 0 radical (unpaired) electrons. The highest BCUT2D eigenvalue weighted by atomic mass is 32.1. The first-order valence-electron chi connectivity index (χ1n) is 17.1. The Balaban J connectivity index is 1.23. The average molecular weight is 670 g/mol. The van der Waals surface area contributed by atoms with Crippen LogP contribution in [-0.2, 0) is 0 Å². The number of nitrogens with zero attached hydrogens (tertiary/aromatic N) is 3. The molecule has 4 nitrogen and oxygen atoms in total. The molecule has 7 aromatic carbocycles. The minimum Gasteiger partial charge on any atom is -0.456 e. The summed E-state index contributed by atoms with van der Waals surface area (Å²) in [5, 5.41) is 7.10. The Morgan fingerprint density at radius 3 is 1.86 bits per heavy atom. The second-order valence-corrected chi connectivity index (χ2v) is 14.0. The number of thiophene rings is 1. The molecule has 0 unspecified atom stereocenters. The maximum Gasteiger partial charge on any atom is 0.161 e. The van der Waals surface area contributed by atoms with Crippen LogP contribution in [0.15, 0.2) is 168 Å². The predicted molar refractivity (Wildman–Crippen MR) is 213 cm³/mol. The highest BCUT2D eigenvalue weighted by Crippen LogP contribution is 2.44. The van der Waals surface area contributed by atoms with Gasteiger partial charge in [0, 0.05) is 53.0 Å². The van der Waals surface area contributed by atoms with Crippen LogP contribution < -0.4 is 0 Å². The Hall–Kier alpha value is -6.56. The van der Waals surface area contributed by atoms with Gasteiger partial charge in [0.05, 0.1) is 33.5 Å². The molecular formula is C46H27N3OS. The Labute approximate surface area is 296 Å². The monoisotopic (exact) mass is 669 g/mol. The third kappa shape index (κ3) is 4.32. The molecular weight excluding hydrogens is 643 g/mol. The second-order valence-electron chi connectivity index (χ2n) is 12.9. The van der Waals surface area contributed by atoms with Crippen molar-refractivity contribution in [2.45, 2.75) is 0 Å². The molecule has 0 spiro atoms. The molecule has 4 aromatic heterocycles. The van der Waals surface area contributed by atoms with E-state index in [2.05, 4.69) is 120 Å². The zero-order chi connectivity index (χ0) is 33.5. The summed E-state index contributed by atoms with van der Waals surface area (Å²) in [6, 6.07) is 57.5. The summed E-state index contributed by atoms with van der Waals surface area (Å²) in [5.41, 5.74) is 9.78. The van der Waals surface area contributed by atoms with Crippen LogP contribution in [0.1, 0.15) is 0 Å². The van der Waals surface area contributed by atoms with Crippen molar-refractivity contribution in [2.75, 3.05) is 0 Å². The van der Waals surface area contributed by atoms with E-state index in [1.54, 1.807) is 0 Å². The maximum absolute atomic E-state index is 6.65. The minimum atomic E-state index is 0.660. The molecule has 11 rings (SSSR count). The van der Waals surface area contributed by atoms with Crippen molar-refractivity contribution in [3.05, 3.63) is 164 Å². The highest BCUT2D eigenvalue weighted by Gasteiger charge is 2.22. The Morgan fingerprint density at radius 1 is 0.451 bits per heavy atom. The van der Waals surface area contributed by atoms with E-state index < -0.39 is 0 Å². The average Bonchev–Trinajstić information content (AvgIpc) is 3.86. The SMILES string of the molecule is c1ccc(-c2cc(-c3ccccc3)nc(-c3cccc4oc5cccc(-n6c7ccccc7c7cc8c(cc76)sc6ccccc68)c5c34)n2)cc1. The standard InChI is InChI=1S/C46H27N3OS/c1-3-13-28(14-4-1)35-26-36(29-15-5-2-6-16-29)48-46(47-35)32-19-11-22-40-44(32)45-38(21-12-23-41(45)50-40)49-37-20-9-7-17-30(37)33-25-34-31-18-8-10-24-42(31)51-43(34)27-39(33)49/h1-27H. The van der Waals surface area contributed by atoms with Crippen LogP contribution in [0.3, 0.4) is 0 Å². The number of para-hydroxylation sites is 1. The highest BCUT2D eigenvalue weighted by molar-refractivity contribution is 7.25. The molecule has 5 heteroatoms. The fourth-order valence-corrected chi connectivity index (χ4v) is 8.87. The summed E-state index contributed by atoms with van der Waals surface area (Å²) in [7, 11) is 0. The summed E-state index contributed by atoms with van der Waals surface area (Å²) >= 11 is 1.85. The predicted octanol–water partition coefficient (Wildman–Crippen LogP) is 12.8. The lowest BCUT2D eigenvalue weighted by atomic mass is 10.0. The van der Waals surface area contributed by atoms with Crippen LogP contribution in [-0.4, -0.2) is 14.5 Å². The zero-order valence-corrected chi connectivity index (χ0v) is 28.1. The molecule has 0 saturated carbocycles. The van der Waals surface area contributed by atoms with E-state index >= 15 is 0 Å². The first kappa shape index (κ1) is 28.3. The van der Waals surface area contributed by atoms with Crippen molar-refractivity contribution in [3.8, 4) is 39.6 Å². The van der Waals surface area contributed by atoms with Gasteiger partial charge in [0.2, 0.25) is 0 Å². The number of rotatable bonds is 4. The van der Waals surface area contributed by atoms with E-state index in [0.717, 1.165) is 61.2 Å². The Kier molecular flexibility index (Phi) is 6.09. The van der Waals surface area contributed by atoms with Crippen molar-refractivity contribution >= 4 is 75.3 Å². The van der Waals surface area contributed by atoms with Crippen molar-refractivity contribution in [2.24, 2.45) is 0 Å². The van der Waals surface area contributed by atoms with Crippen LogP contribution in [0.4, 0.5) is 0 Å². The quantitative estimate of drug-likeness (QED) is 0.187. The third-order valence-corrected chi connectivity index (χ3v) is 11.2. The van der Waals surface area contributed by atoms with E-state index in [-0.39, 0.29) is 0 Å². The molecule has 51 heavy (non-hydrogen) atoms. The molecule has 0 saturated heterocycles. The normalized spacial score (nSPS) is 11.9. The molecule has 0 aliphatic heterocycles. The van der Waals surface area contributed by atoms with Gasteiger partial charge in [-0.25, -0.2) is 9.97 Å². The first-order valence-corrected chi connectivity index (χ1v) is 17.9. The number of benzene rings is 7. The summed E-state index contributed by atoms with van der Waals surface area (Å²) < 4.78 is 11.6. The van der Waals surface area contributed by atoms with Crippen molar-refractivity contribution in [3.63, 3.8) is 0 Å². The molecule has 0 aliphatic carbocycles. The third-order valence-electron chi connectivity index (χ3n) is 10.0. The first-order chi connectivity index (χ1) is 25.3. The van der Waals surface area contributed by atoms with Gasteiger partial charge < -0.3 is 8.98 Å². The summed E-state index contributed by atoms with van der Waals surface area (Å²) in [4.78, 5) is 10.4. The van der Waals surface area contributed by atoms with Crippen LogP contribution in [0.2, 0.25) is 0 Å². The van der Waals surface area contributed by atoms with E-state index in [4.69, 9.17) is 14.4 Å². The van der Waals surface area contributed by atoms with Crippen LogP contribution in [0, 0.1) is 0 Å². The van der Waals surface area contributed by atoms with Gasteiger partial charge in [-0.15, -0.1) is 11.3 Å². The van der Waals surface area contributed by atoms with Crippen LogP contribution in [0.5, 0.6) is 0 Å². The molecule has 0 amide bonds. The number of furan rings is 1. The van der Waals surface area contributed by atoms with E-state index in [1.165, 1.54) is 36.5 Å². The number of hydrogen-bond donors (Lipinski definition) is 0. The van der Waals surface area contributed by atoms with Crippen LogP contribution in [0.25, 0.3) is 104 Å². The van der Waals surface area contributed by atoms with Gasteiger partial charge in [0.15, 0.2) is 5.82 Å². The van der Waals surface area contributed by atoms with Gasteiger partial charge >= 0.3 is 0 Å². The summed E-state index contributed by atoms with van der Waals surface area (Å²) in [6.45, 7) is 0. The molecule has 0 aliphatic rings. The molecule has 0 bridgehead atoms. The van der Waals surface area contributed by atoms with E-state index in [1.807, 2.05) is 59.9 Å². The largest absolute Gasteiger partial charge is 0.456 e. The van der Waals surface area contributed by atoms with E-state index in [9.17, 15) is 0 Å². The van der Waals surface area contributed by atoms with Crippen LogP contribution >= 0.6 is 11.3 Å². The Bertz CT molecular complexity index is 3080. The molecule has 0 atom stereocenters. The topological polar surface area (TPSA) is 43.9 Å². The zero-order valence-electron chi connectivity index (χ0n) is 27.2. The lowest BCUT2D eigenvalue weighted by molar-refractivity contribution is 0.669. The van der Waals surface area contributed by atoms with Gasteiger partial charge in [-0.05, 0) is 48.5 Å². The lowest BCUT2D eigenvalue weighted by Gasteiger charge is -2.12. The van der Waals surface area contributed by atoms with Crippen molar-refractivity contribution in [1.82, 2.24) is 14.5 Å². The molecule has 4 heterocycles. The summed E-state index contributed by atoms with van der Waals surface area (Å²) in [6.07, 6.45) is 0. The van der Waals surface area contributed by atoms with Gasteiger partial charge in [-0.1, -0.05) is 115 Å². The van der Waals surface area contributed by atoms with Crippen molar-refractivity contribution in [1.29, 1.82) is 0 Å². The van der Waals surface area contributed by atoms with Crippen molar-refractivity contribution < 1.29 is 4.42 Å². The minimum absolute atomic E-state index is 0.660. The number of fused-ring (bicyclic) bond motifs is 9. The lowest BCUT2D eigenvalue weighted by Crippen LogP contribution is -1.97. The number of hydrogen-bond acceptors (Lipinski definition) is 4. The number of aromatic nitrogens is 3. The Morgan fingerprint density at radius 2 is 1.10 bits per heavy atom. The van der Waals surface area contributed by atoms with E-state index in [0.29, 0.717) is 5.82 Å². The maximum atomic E-state index is 6.65. The fraction of sp³-hybridized carbons (Fsp3) is 0. The van der Waals surface area contributed by atoms with Gasteiger partial charge in [0.25, 0.3) is 0 Å². The second kappa shape index (κ2) is 11.0. The molecule has 238 valence electrons.